The molecular formula is C12H18N2O2. The number of aliphatic hydroxyl groups excluding tert-OH is 1. The molecule has 1 rings (SSSR count). The number of benzene rings is 1. The van der Waals surface area contributed by atoms with Gasteiger partial charge in [-0.25, -0.2) is 0 Å². The fourth-order valence-electron chi connectivity index (χ4n) is 1.17. The number of rotatable bonds is 4. The third kappa shape index (κ3) is 2.81. The molecule has 1 aromatic rings. The van der Waals surface area contributed by atoms with Crippen molar-refractivity contribution in [2.45, 2.75) is 26.0 Å². The lowest BCUT2D eigenvalue weighted by Crippen LogP contribution is -2.48. The Morgan fingerprint density at radius 1 is 1.38 bits per heavy atom. The van der Waals surface area contributed by atoms with Gasteiger partial charge in [0.2, 0.25) is 5.91 Å². The molecule has 0 radical (unpaired) electrons. The van der Waals surface area contributed by atoms with E-state index in [9.17, 15) is 4.79 Å². The molecule has 0 aliphatic heterocycles. The number of carbonyl (C=O) groups is 1. The molecule has 0 spiro atoms. The molecule has 0 aliphatic carbocycles. The minimum atomic E-state index is -0.636. The van der Waals surface area contributed by atoms with Crippen LogP contribution in [0.25, 0.3) is 0 Å². The van der Waals surface area contributed by atoms with Crippen LogP contribution in [0.2, 0.25) is 0 Å². The second-order valence-corrected chi connectivity index (χ2v) is 4.14. The van der Waals surface area contributed by atoms with E-state index in [4.69, 9.17) is 5.11 Å². The van der Waals surface area contributed by atoms with E-state index in [-0.39, 0.29) is 12.5 Å². The van der Waals surface area contributed by atoms with E-state index in [0.717, 1.165) is 0 Å². The minimum Gasteiger partial charge on any atom is -0.392 e. The molecule has 0 saturated carbocycles. The van der Waals surface area contributed by atoms with E-state index >= 15 is 0 Å². The Kier molecular flexibility index (Phi) is 4.04. The largest absolute Gasteiger partial charge is 0.392 e. The van der Waals surface area contributed by atoms with Crippen molar-refractivity contribution in [1.29, 1.82) is 0 Å². The fraction of sp³-hybridized carbons (Fsp3) is 0.417. The van der Waals surface area contributed by atoms with Gasteiger partial charge in [-0.3, -0.25) is 4.79 Å². The zero-order valence-electron chi connectivity index (χ0n) is 9.87. The SMILES string of the molecule is CNC(C)(C)C(=O)Nc1ccccc1CO. The highest BCUT2D eigenvalue weighted by Crippen LogP contribution is 2.16. The molecule has 4 nitrogen and oxygen atoms in total. The van der Waals surface area contributed by atoms with Crippen molar-refractivity contribution < 1.29 is 9.90 Å². The third-order valence-corrected chi connectivity index (χ3v) is 2.63. The van der Waals surface area contributed by atoms with Crippen molar-refractivity contribution in [2.75, 3.05) is 12.4 Å². The Morgan fingerprint density at radius 3 is 2.56 bits per heavy atom. The van der Waals surface area contributed by atoms with Crippen LogP contribution >= 0.6 is 0 Å². The number of para-hydroxylation sites is 1. The van der Waals surface area contributed by atoms with Crippen molar-refractivity contribution in [3.05, 3.63) is 29.8 Å². The van der Waals surface area contributed by atoms with Gasteiger partial charge in [0.25, 0.3) is 0 Å². The highest BCUT2D eigenvalue weighted by molar-refractivity contribution is 5.98. The highest BCUT2D eigenvalue weighted by atomic mass is 16.3. The van der Waals surface area contributed by atoms with E-state index in [2.05, 4.69) is 10.6 Å². The van der Waals surface area contributed by atoms with Crippen LogP contribution in [-0.4, -0.2) is 23.6 Å². The second kappa shape index (κ2) is 5.09. The first kappa shape index (κ1) is 12.7. The van der Waals surface area contributed by atoms with Crippen LogP contribution in [-0.2, 0) is 11.4 Å². The summed E-state index contributed by atoms with van der Waals surface area (Å²) in [7, 11) is 1.73. The summed E-state index contributed by atoms with van der Waals surface area (Å²) in [6.45, 7) is 3.50. The normalized spacial score (nSPS) is 11.2. The standard InChI is InChI=1S/C12H18N2O2/c1-12(2,13-3)11(16)14-10-7-5-4-6-9(10)8-15/h4-7,13,15H,8H2,1-3H3,(H,14,16). The van der Waals surface area contributed by atoms with Crippen LogP contribution in [0.15, 0.2) is 24.3 Å². The van der Waals surface area contributed by atoms with Gasteiger partial charge >= 0.3 is 0 Å². The number of likely N-dealkylation sites (N-methyl/N-ethyl adjacent to an activating group) is 1. The molecule has 88 valence electrons. The number of hydrogen-bond donors (Lipinski definition) is 3. The molecule has 0 atom stereocenters. The summed E-state index contributed by atoms with van der Waals surface area (Å²) >= 11 is 0. The monoisotopic (exact) mass is 222 g/mol. The fourth-order valence-corrected chi connectivity index (χ4v) is 1.17. The second-order valence-electron chi connectivity index (χ2n) is 4.14. The Balaban J connectivity index is 2.85. The van der Waals surface area contributed by atoms with Crippen LogP contribution < -0.4 is 10.6 Å². The van der Waals surface area contributed by atoms with Crippen molar-refractivity contribution in [3.8, 4) is 0 Å². The molecule has 0 unspecified atom stereocenters. The molecule has 1 amide bonds. The molecule has 1 aromatic carbocycles. The number of nitrogens with one attached hydrogen (secondary N) is 2. The van der Waals surface area contributed by atoms with Crippen LogP contribution in [0.5, 0.6) is 0 Å². The van der Waals surface area contributed by atoms with Gasteiger partial charge in [-0.1, -0.05) is 18.2 Å². The van der Waals surface area contributed by atoms with E-state index in [1.165, 1.54) is 0 Å². The molecule has 0 aliphatic rings. The summed E-state index contributed by atoms with van der Waals surface area (Å²) in [5, 5.41) is 14.8. The van der Waals surface area contributed by atoms with Gasteiger partial charge in [-0.2, -0.15) is 0 Å². The van der Waals surface area contributed by atoms with Crippen molar-refractivity contribution in [3.63, 3.8) is 0 Å². The molecule has 0 aromatic heterocycles. The number of aliphatic hydroxyl groups is 1. The molecule has 0 heterocycles. The summed E-state index contributed by atoms with van der Waals surface area (Å²) < 4.78 is 0. The van der Waals surface area contributed by atoms with Crippen LogP contribution in [0, 0.1) is 0 Å². The number of amides is 1. The molecule has 16 heavy (non-hydrogen) atoms. The maximum absolute atomic E-state index is 11.9. The highest BCUT2D eigenvalue weighted by Gasteiger charge is 2.25. The van der Waals surface area contributed by atoms with E-state index in [0.29, 0.717) is 11.3 Å². The molecular weight excluding hydrogens is 204 g/mol. The average Bonchev–Trinajstić information content (AvgIpc) is 2.29. The Morgan fingerprint density at radius 2 is 2.00 bits per heavy atom. The van der Waals surface area contributed by atoms with E-state index in [1.807, 2.05) is 12.1 Å². The molecule has 4 heteroatoms. The first-order valence-electron chi connectivity index (χ1n) is 5.20. The quantitative estimate of drug-likeness (QED) is 0.715. The summed E-state index contributed by atoms with van der Waals surface area (Å²) in [6.07, 6.45) is 0. The van der Waals surface area contributed by atoms with Gasteiger partial charge in [0.05, 0.1) is 12.1 Å². The topological polar surface area (TPSA) is 61.4 Å². The predicted octanol–water partition coefficient (Wildman–Crippen LogP) is 1.12. The van der Waals surface area contributed by atoms with Gasteiger partial charge in [0, 0.05) is 11.3 Å². The Bertz CT molecular complexity index is 375. The number of carbonyl (C=O) groups excluding carboxylic acids is 1. The van der Waals surface area contributed by atoms with Crippen molar-refractivity contribution in [2.24, 2.45) is 0 Å². The summed E-state index contributed by atoms with van der Waals surface area (Å²) in [5.74, 6) is -0.129. The van der Waals surface area contributed by atoms with Gasteiger partial charge in [-0.15, -0.1) is 0 Å². The minimum absolute atomic E-state index is 0.0869. The smallest absolute Gasteiger partial charge is 0.244 e. The number of hydrogen-bond acceptors (Lipinski definition) is 3. The van der Waals surface area contributed by atoms with Crippen molar-refractivity contribution >= 4 is 11.6 Å². The molecule has 0 bridgehead atoms. The van der Waals surface area contributed by atoms with Gasteiger partial charge in [0.1, 0.15) is 0 Å². The summed E-state index contributed by atoms with van der Waals surface area (Å²) in [4.78, 5) is 11.9. The maximum Gasteiger partial charge on any atom is 0.244 e. The average molecular weight is 222 g/mol. The Hall–Kier alpha value is -1.39. The van der Waals surface area contributed by atoms with Gasteiger partial charge in [-0.05, 0) is 27.0 Å². The molecule has 3 N–H and O–H groups in total. The zero-order chi connectivity index (χ0) is 12.2. The lowest BCUT2D eigenvalue weighted by molar-refractivity contribution is -0.121. The Labute approximate surface area is 95.7 Å². The first-order chi connectivity index (χ1) is 7.51. The lowest BCUT2D eigenvalue weighted by atomic mass is 10.0. The maximum atomic E-state index is 11.9. The van der Waals surface area contributed by atoms with E-state index < -0.39 is 5.54 Å². The number of anilines is 1. The van der Waals surface area contributed by atoms with Gasteiger partial charge in [0.15, 0.2) is 0 Å². The summed E-state index contributed by atoms with van der Waals surface area (Å²) in [6, 6.07) is 7.20. The summed E-state index contributed by atoms with van der Waals surface area (Å²) in [5.41, 5.74) is 0.726. The van der Waals surface area contributed by atoms with Gasteiger partial charge < -0.3 is 15.7 Å². The lowest BCUT2D eigenvalue weighted by Gasteiger charge is -2.23. The van der Waals surface area contributed by atoms with Crippen LogP contribution in [0.3, 0.4) is 0 Å². The van der Waals surface area contributed by atoms with Crippen LogP contribution in [0.1, 0.15) is 19.4 Å². The first-order valence-corrected chi connectivity index (χ1v) is 5.20. The van der Waals surface area contributed by atoms with Crippen molar-refractivity contribution in [1.82, 2.24) is 5.32 Å². The molecule has 0 saturated heterocycles. The van der Waals surface area contributed by atoms with Crippen LogP contribution in [0.4, 0.5) is 5.69 Å². The third-order valence-electron chi connectivity index (χ3n) is 2.63. The predicted molar refractivity (Wildman–Crippen MR) is 64.1 cm³/mol. The zero-order valence-corrected chi connectivity index (χ0v) is 9.87. The molecule has 0 fully saturated rings. The van der Waals surface area contributed by atoms with E-state index in [1.54, 1.807) is 33.0 Å².